The molecule has 1 rings (SSSR count). The fraction of sp³-hybridized carbons (Fsp3) is 0.769. The lowest BCUT2D eigenvalue weighted by Crippen LogP contribution is -2.23. The first-order valence-electron chi connectivity index (χ1n) is 6.63. The Labute approximate surface area is 115 Å². The number of hydrogen-bond acceptors (Lipinski definition) is 5. The van der Waals surface area contributed by atoms with Gasteiger partial charge in [-0.3, -0.25) is 0 Å². The molecule has 0 saturated carbocycles. The molecule has 18 heavy (non-hydrogen) atoms. The predicted octanol–water partition coefficient (Wildman–Crippen LogP) is 1.94. The lowest BCUT2D eigenvalue weighted by molar-refractivity contribution is 0.401. The number of thiazole rings is 1. The van der Waals surface area contributed by atoms with Gasteiger partial charge in [0.2, 0.25) is 0 Å². The number of aryl methyl sites for hydroxylation is 1. The summed E-state index contributed by atoms with van der Waals surface area (Å²) in [5.74, 6) is 0. The van der Waals surface area contributed by atoms with E-state index in [4.69, 9.17) is 10.7 Å². The van der Waals surface area contributed by atoms with Crippen molar-refractivity contribution < 1.29 is 0 Å². The predicted molar refractivity (Wildman–Crippen MR) is 80.4 cm³/mol. The normalized spacial score (nSPS) is 11.2. The zero-order chi connectivity index (χ0) is 13.5. The zero-order valence-corrected chi connectivity index (χ0v) is 12.9. The zero-order valence-electron chi connectivity index (χ0n) is 12.1. The number of nitrogens with two attached hydrogens (primary N) is 1. The van der Waals surface area contributed by atoms with Crippen molar-refractivity contribution in [3.05, 3.63) is 10.6 Å². The number of anilines is 1. The van der Waals surface area contributed by atoms with Crippen molar-refractivity contribution in [2.75, 3.05) is 39.1 Å². The molecule has 1 aromatic heterocycles. The molecule has 0 aromatic carbocycles. The van der Waals surface area contributed by atoms with Crippen molar-refractivity contribution in [1.82, 2.24) is 9.88 Å². The molecule has 2 N–H and O–H groups in total. The highest BCUT2D eigenvalue weighted by atomic mass is 32.1. The Bertz CT molecular complexity index is 349. The Hall–Kier alpha value is -0.650. The van der Waals surface area contributed by atoms with Gasteiger partial charge in [0, 0.05) is 25.0 Å². The van der Waals surface area contributed by atoms with E-state index in [0.717, 1.165) is 37.5 Å². The van der Waals surface area contributed by atoms with Crippen LogP contribution in [0.4, 0.5) is 5.13 Å². The van der Waals surface area contributed by atoms with Crippen LogP contribution in [0.25, 0.3) is 0 Å². The summed E-state index contributed by atoms with van der Waals surface area (Å²) in [6.45, 7) is 4.95. The average molecular weight is 270 g/mol. The van der Waals surface area contributed by atoms with Crippen molar-refractivity contribution in [2.45, 2.75) is 32.7 Å². The monoisotopic (exact) mass is 270 g/mol. The molecule has 1 aromatic rings. The van der Waals surface area contributed by atoms with Gasteiger partial charge in [0.25, 0.3) is 0 Å². The van der Waals surface area contributed by atoms with Crippen LogP contribution in [0, 0.1) is 0 Å². The van der Waals surface area contributed by atoms with E-state index in [-0.39, 0.29) is 0 Å². The molecule has 0 radical (unpaired) electrons. The molecule has 0 spiro atoms. The molecule has 0 aliphatic heterocycles. The second kappa shape index (κ2) is 7.71. The molecule has 104 valence electrons. The van der Waals surface area contributed by atoms with Crippen LogP contribution in [0.3, 0.4) is 0 Å². The van der Waals surface area contributed by atoms with Crippen LogP contribution in [-0.4, -0.2) is 44.1 Å². The van der Waals surface area contributed by atoms with E-state index >= 15 is 0 Å². The van der Waals surface area contributed by atoms with E-state index in [1.807, 2.05) is 0 Å². The van der Waals surface area contributed by atoms with Gasteiger partial charge in [-0.15, -0.1) is 11.3 Å². The Morgan fingerprint density at radius 3 is 2.50 bits per heavy atom. The third-order valence-electron chi connectivity index (χ3n) is 2.86. The minimum absolute atomic E-state index is 0.610. The maximum Gasteiger partial charge on any atom is 0.185 e. The fourth-order valence-electron chi connectivity index (χ4n) is 1.84. The molecule has 0 aliphatic carbocycles. The van der Waals surface area contributed by atoms with E-state index in [1.54, 1.807) is 11.3 Å². The maximum absolute atomic E-state index is 5.78. The molecule has 0 aliphatic rings. The van der Waals surface area contributed by atoms with Crippen LogP contribution < -0.4 is 10.6 Å². The van der Waals surface area contributed by atoms with E-state index in [2.05, 4.69) is 37.9 Å². The summed E-state index contributed by atoms with van der Waals surface area (Å²) < 4.78 is 0. The van der Waals surface area contributed by atoms with E-state index in [1.165, 1.54) is 10.6 Å². The maximum atomic E-state index is 5.78. The molecule has 4 nitrogen and oxygen atoms in total. The Morgan fingerprint density at radius 2 is 1.94 bits per heavy atom. The lowest BCUT2D eigenvalue weighted by atomic mass is 10.2. The Balaban J connectivity index is 2.59. The van der Waals surface area contributed by atoms with Crippen LogP contribution in [0.2, 0.25) is 0 Å². The number of nitrogens with zero attached hydrogens (tertiary/aromatic N) is 3. The van der Waals surface area contributed by atoms with Crippen molar-refractivity contribution >= 4 is 16.5 Å². The first-order valence-corrected chi connectivity index (χ1v) is 7.44. The molecule has 0 bridgehead atoms. The molecule has 0 unspecified atom stereocenters. The minimum Gasteiger partial charge on any atom is -0.351 e. The highest BCUT2D eigenvalue weighted by molar-refractivity contribution is 7.15. The fourth-order valence-corrected chi connectivity index (χ4v) is 2.82. The minimum atomic E-state index is 0.610. The van der Waals surface area contributed by atoms with Gasteiger partial charge in [-0.1, -0.05) is 13.3 Å². The highest BCUT2D eigenvalue weighted by Gasteiger charge is 2.12. The van der Waals surface area contributed by atoms with Gasteiger partial charge in [0.1, 0.15) is 0 Å². The summed E-state index contributed by atoms with van der Waals surface area (Å²) in [6, 6.07) is 0. The topological polar surface area (TPSA) is 45.4 Å². The van der Waals surface area contributed by atoms with E-state index in [0.29, 0.717) is 6.54 Å². The van der Waals surface area contributed by atoms with Crippen molar-refractivity contribution in [1.29, 1.82) is 0 Å². The molecule has 0 atom stereocenters. The van der Waals surface area contributed by atoms with Crippen LogP contribution in [0.1, 0.15) is 30.3 Å². The first-order chi connectivity index (χ1) is 8.58. The second-order valence-corrected chi connectivity index (χ2v) is 5.96. The van der Waals surface area contributed by atoms with Gasteiger partial charge >= 0.3 is 0 Å². The van der Waals surface area contributed by atoms with Crippen molar-refractivity contribution in [3.8, 4) is 0 Å². The molecule has 0 fully saturated rings. The molecule has 5 heteroatoms. The second-order valence-electron chi connectivity index (χ2n) is 4.90. The number of hydrogen-bond donors (Lipinski definition) is 1. The average Bonchev–Trinajstić information content (AvgIpc) is 2.72. The quantitative estimate of drug-likeness (QED) is 0.784. The third-order valence-corrected chi connectivity index (χ3v) is 4.10. The van der Waals surface area contributed by atoms with Crippen molar-refractivity contribution in [3.63, 3.8) is 0 Å². The SMILES string of the molecule is CCCc1nc(N(C)CCCN(C)C)sc1CN. The van der Waals surface area contributed by atoms with Gasteiger partial charge in [0.15, 0.2) is 5.13 Å². The number of aromatic nitrogens is 1. The molecule has 0 amide bonds. The van der Waals surface area contributed by atoms with Gasteiger partial charge < -0.3 is 15.5 Å². The summed E-state index contributed by atoms with van der Waals surface area (Å²) in [5, 5.41) is 1.11. The van der Waals surface area contributed by atoms with Gasteiger partial charge in [-0.25, -0.2) is 4.98 Å². The van der Waals surface area contributed by atoms with Crippen LogP contribution in [0.15, 0.2) is 0 Å². The smallest absolute Gasteiger partial charge is 0.185 e. The van der Waals surface area contributed by atoms with E-state index < -0.39 is 0 Å². The Kier molecular flexibility index (Phi) is 6.60. The molecule has 1 heterocycles. The number of rotatable bonds is 8. The van der Waals surface area contributed by atoms with Crippen molar-refractivity contribution in [2.24, 2.45) is 5.73 Å². The molecule has 0 saturated heterocycles. The summed E-state index contributed by atoms with van der Waals surface area (Å²) in [7, 11) is 6.33. The van der Waals surface area contributed by atoms with Crippen LogP contribution in [-0.2, 0) is 13.0 Å². The summed E-state index contributed by atoms with van der Waals surface area (Å²) >= 11 is 1.74. The summed E-state index contributed by atoms with van der Waals surface area (Å²) in [6.07, 6.45) is 3.32. The molecular weight excluding hydrogens is 244 g/mol. The highest BCUT2D eigenvalue weighted by Crippen LogP contribution is 2.26. The van der Waals surface area contributed by atoms with Gasteiger partial charge in [-0.2, -0.15) is 0 Å². The Morgan fingerprint density at radius 1 is 1.22 bits per heavy atom. The first kappa shape index (κ1) is 15.4. The van der Waals surface area contributed by atoms with E-state index in [9.17, 15) is 0 Å². The summed E-state index contributed by atoms with van der Waals surface area (Å²) in [5.41, 5.74) is 6.97. The van der Waals surface area contributed by atoms with Gasteiger partial charge in [0.05, 0.1) is 5.69 Å². The standard InChI is InChI=1S/C13H26N4S/c1-5-7-11-12(10-14)18-13(15-11)17(4)9-6-8-16(2)3/h5-10,14H2,1-4H3. The third kappa shape index (κ3) is 4.55. The van der Waals surface area contributed by atoms with Crippen LogP contribution in [0.5, 0.6) is 0 Å². The summed E-state index contributed by atoms with van der Waals surface area (Å²) in [4.78, 5) is 10.4. The lowest BCUT2D eigenvalue weighted by Gasteiger charge is -2.17. The van der Waals surface area contributed by atoms with Gasteiger partial charge in [-0.05, 0) is 33.5 Å². The largest absolute Gasteiger partial charge is 0.351 e. The molecular formula is C13H26N4S. The van der Waals surface area contributed by atoms with Crippen LogP contribution >= 0.6 is 11.3 Å².